The lowest BCUT2D eigenvalue weighted by molar-refractivity contribution is -0.146. The van der Waals surface area contributed by atoms with Gasteiger partial charge in [0.15, 0.2) is 0 Å². The SMILES string of the molecule is C=C1CCC[C@]2(C)C[C@H]3OC(=O)[C@@H](CN[C@H](C)CCc4ccco4)[C@H]3C[C@@H]12. The fraction of sp³-hybridized carbons (Fsp3) is 0.696. The molecule has 3 fully saturated rings. The minimum absolute atomic E-state index is 0.00333. The smallest absolute Gasteiger partial charge is 0.310 e. The first-order chi connectivity index (χ1) is 13.0. The highest BCUT2D eigenvalue weighted by atomic mass is 16.6. The molecule has 2 saturated carbocycles. The predicted molar refractivity (Wildman–Crippen MR) is 105 cm³/mol. The number of rotatable bonds is 6. The van der Waals surface area contributed by atoms with E-state index in [0.717, 1.165) is 44.4 Å². The molecule has 1 N–H and O–H groups in total. The number of carbonyl (C=O) groups is 1. The van der Waals surface area contributed by atoms with Gasteiger partial charge in [-0.25, -0.2) is 0 Å². The predicted octanol–water partition coefficient (Wildman–Crippen LogP) is 4.50. The molecule has 4 heteroatoms. The van der Waals surface area contributed by atoms with Gasteiger partial charge in [0.05, 0.1) is 12.2 Å². The zero-order valence-corrected chi connectivity index (χ0v) is 16.7. The molecular weight excluding hydrogens is 338 g/mol. The number of nitrogens with one attached hydrogen (secondary N) is 1. The van der Waals surface area contributed by atoms with Crippen LogP contribution in [0.4, 0.5) is 0 Å². The van der Waals surface area contributed by atoms with Crippen LogP contribution in [-0.4, -0.2) is 24.7 Å². The van der Waals surface area contributed by atoms with Gasteiger partial charge in [0.1, 0.15) is 11.9 Å². The molecule has 6 atom stereocenters. The number of esters is 1. The van der Waals surface area contributed by atoms with E-state index >= 15 is 0 Å². The minimum atomic E-state index is -0.0136. The lowest BCUT2D eigenvalue weighted by Gasteiger charge is -2.50. The van der Waals surface area contributed by atoms with E-state index in [-0.39, 0.29) is 23.4 Å². The second kappa shape index (κ2) is 7.46. The molecule has 1 aliphatic heterocycles. The normalized spacial score (nSPS) is 36.8. The molecular formula is C23H33NO3. The summed E-state index contributed by atoms with van der Waals surface area (Å²) in [7, 11) is 0. The van der Waals surface area contributed by atoms with Gasteiger partial charge in [-0.2, -0.15) is 0 Å². The number of allylic oxidation sites excluding steroid dienone is 1. The summed E-state index contributed by atoms with van der Waals surface area (Å²) in [6.07, 6.45) is 9.45. The summed E-state index contributed by atoms with van der Waals surface area (Å²) in [6, 6.07) is 4.29. The Morgan fingerprint density at radius 2 is 2.30 bits per heavy atom. The molecule has 0 radical (unpaired) electrons. The van der Waals surface area contributed by atoms with Crippen LogP contribution in [0.15, 0.2) is 35.0 Å². The van der Waals surface area contributed by atoms with Crippen molar-refractivity contribution in [1.29, 1.82) is 0 Å². The van der Waals surface area contributed by atoms with Crippen molar-refractivity contribution in [3.05, 3.63) is 36.3 Å². The van der Waals surface area contributed by atoms with Crippen LogP contribution in [-0.2, 0) is 16.0 Å². The lowest BCUT2D eigenvalue weighted by atomic mass is 9.55. The van der Waals surface area contributed by atoms with Crippen molar-refractivity contribution in [2.45, 2.75) is 70.9 Å². The van der Waals surface area contributed by atoms with E-state index in [1.807, 2.05) is 12.1 Å². The number of hydrogen-bond acceptors (Lipinski definition) is 4. The number of aryl methyl sites for hydroxylation is 1. The summed E-state index contributed by atoms with van der Waals surface area (Å²) >= 11 is 0. The van der Waals surface area contributed by atoms with Crippen LogP contribution in [0.3, 0.4) is 0 Å². The van der Waals surface area contributed by atoms with Crippen LogP contribution in [0, 0.1) is 23.2 Å². The van der Waals surface area contributed by atoms with Crippen molar-refractivity contribution in [2.75, 3.05) is 6.54 Å². The Bertz CT molecular complexity index is 682. The Morgan fingerprint density at radius 1 is 1.44 bits per heavy atom. The largest absolute Gasteiger partial charge is 0.469 e. The van der Waals surface area contributed by atoms with Crippen LogP contribution in [0.25, 0.3) is 0 Å². The van der Waals surface area contributed by atoms with Crippen LogP contribution >= 0.6 is 0 Å². The van der Waals surface area contributed by atoms with Crippen LogP contribution in [0.1, 0.15) is 58.1 Å². The third kappa shape index (κ3) is 3.73. The molecule has 4 rings (SSSR count). The van der Waals surface area contributed by atoms with Gasteiger partial charge in [0, 0.05) is 24.9 Å². The average Bonchev–Trinajstić information content (AvgIpc) is 3.23. The van der Waals surface area contributed by atoms with Gasteiger partial charge in [-0.15, -0.1) is 0 Å². The lowest BCUT2D eigenvalue weighted by Crippen LogP contribution is -2.45. The third-order valence-electron chi connectivity index (χ3n) is 7.41. The van der Waals surface area contributed by atoms with E-state index in [1.165, 1.54) is 18.4 Å². The third-order valence-corrected chi connectivity index (χ3v) is 7.41. The van der Waals surface area contributed by atoms with Crippen molar-refractivity contribution in [2.24, 2.45) is 23.2 Å². The molecule has 1 aromatic heterocycles. The molecule has 1 aromatic rings. The number of ether oxygens (including phenoxy) is 1. The standard InChI is InChI=1S/C23H33NO3/c1-15-6-4-10-23(3)13-21-18(12-20(15)23)19(22(25)27-21)14-24-16(2)8-9-17-7-5-11-26-17/h5,7,11,16,18-21,24H,1,4,6,8-10,12-14H2,2-3H3/t16-,18-,19+,20+,21-,23-/m1/s1. The highest BCUT2D eigenvalue weighted by Crippen LogP contribution is 2.56. The molecule has 2 aliphatic carbocycles. The fourth-order valence-corrected chi connectivity index (χ4v) is 5.73. The summed E-state index contributed by atoms with van der Waals surface area (Å²) in [5, 5.41) is 3.58. The van der Waals surface area contributed by atoms with E-state index in [1.54, 1.807) is 6.26 Å². The Labute approximate surface area is 162 Å². The van der Waals surface area contributed by atoms with Crippen molar-refractivity contribution < 1.29 is 13.9 Å². The summed E-state index contributed by atoms with van der Waals surface area (Å²) < 4.78 is 11.3. The molecule has 3 aliphatic rings. The van der Waals surface area contributed by atoms with E-state index in [0.29, 0.717) is 17.9 Å². The first-order valence-corrected chi connectivity index (χ1v) is 10.6. The van der Waals surface area contributed by atoms with Crippen LogP contribution in [0.5, 0.6) is 0 Å². The zero-order valence-electron chi connectivity index (χ0n) is 16.7. The minimum Gasteiger partial charge on any atom is -0.469 e. The number of fused-ring (bicyclic) bond motifs is 2. The second-order valence-corrected chi connectivity index (χ2v) is 9.33. The molecule has 4 nitrogen and oxygen atoms in total. The zero-order chi connectivity index (χ0) is 19.0. The molecule has 27 heavy (non-hydrogen) atoms. The Hall–Kier alpha value is -1.55. The molecule has 2 heterocycles. The van der Waals surface area contributed by atoms with Crippen LogP contribution < -0.4 is 5.32 Å². The number of furan rings is 1. The summed E-state index contributed by atoms with van der Waals surface area (Å²) in [5.74, 6) is 1.91. The van der Waals surface area contributed by atoms with E-state index in [9.17, 15) is 4.79 Å². The van der Waals surface area contributed by atoms with Gasteiger partial charge in [0.2, 0.25) is 0 Å². The molecule has 0 aromatic carbocycles. The molecule has 148 valence electrons. The van der Waals surface area contributed by atoms with Gasteiger partial charge in [0.25, 0.3) is 0 Å². The van der Waals surface area contributed by atoms with Crippen molar-refractivity contribution in [3.63, 3.8) is 0 Å². The van der Waals surface area contributed by atoms with Crippen molar-refractivity contribution in [3.8, 4) is 0 Å². The topological polar surface area (TPSA) is 51.5 Å². The number of hydrogen-bond donors (Lipinski definition) is 1. The monoisotopic (exact) mass is 371 g/mol. The Morgan fingerprint density at radius 3 is 3.07 bits per heavy atom. The summed E-state index contributed by atoms with van der Waals surface area (Å²) in [6.45, 7) is 9.66. The van der Waals surface area contributed by atoms with E-state index in [4.69, 9.17) is 9.15 Å². The quantitative estimate of drug-likeness (QED) is 0.591. The van der Waals surface area contributed by atoms with Gasteiger partial charge in [-0.3, -0.25) is 4.79 Å². The van der Waals surface area contributed by atoms with Gasteiger partial charge < -0.3 is 14.5 Å². The summed E-state index contributed by atoms with van der Waals surface area (Å²) in [5.41, 5.74) is 1.68. The average molecular weight is 372 g/mol. The Kier molecular flexibility index (Phi) is 5.19. The van der Waals surface area contributed by atoms with E-state index in [2.05, 4.69) is 25.7 Å². The molecule has 0 amide bonds. The Balaban J connectivity index is 1.34. The highest BCUT2D eigenvalue weighted by Gasteiger charge is 2.54. The van der Waals surface area contributed by atoms with Gasteiger partial charge in [-0.1, -0.05) is 19.1 Å². The first-order valence-electron chi connectivity index (χ1n) is 10.6. The summed E-state index contributed by atoms with van der Waals surface area (Å²) in [4.78, 5) is 12.6. The fourth-order valence-electron chi connectivity index (χ4n) is 5.73. The van der Waals surface area contributed by atoms with Crippen LogP contribution in [0.2, 0.25) is 0 Å². The molecule has 1 saturated heterocycles. The number of carbonyl (C=O) groups excluding carboxylic acids is 1. The second-order valence-electron chi connectivity index (χ2n) is 9.33. The maximum atomic E-state index is 12.6. The molecule has 0 unspecified atom stereocenters. The maximum Gasteiger partial charge on any atom is 0.310 e. The molecule has 0 bridgehead atoms. The van der Waals surface area contributed by atoms with Crippen molar-refractivity contribution in [1.82, 2.24) is 5.32 Å². The maximum absolute atomic E-state index is 12.6. The first kappa shape index (κ1) is 18.8. The van der Waals surface area contributed by atoms with Gasteiger partial charge >= 0.3 is 5.97 Å². The van der Waals surface area contributed by atoms with Gasteiger partial charge in [-0.05, 0) is 68.9 Å². The van der Waals surface area contributed by atoms with E-state index < -0.39 is 0 Å². The van der Waals surface area contributed by atoms with Crippen molar-refractivity contribution >= 4 is 5.97 Å². The molecule has 0 spiro atoms. The highest BCUT2D eigenvalue weighted by molar-refractivity contribution is 5.75.